The second-order valence-corrected chi connectivity index (χ2v) is 20.1. The molecule has 0 spiro atoms. The molecule has 0 unspecified atom stereocenters. The molecule has 0 saturated carbocycles. The second-order valence-electron chi connectivity index (χ2n) is 11.3. The van der Waals surface area contributed by atoms with Crippen molar-refractivity contribution in [2.24, 2.45) is 0 Å². The molecule has 0 bridgehead atoms. The fraction of sp³-hybridized carbons (Fsp3) is 0.152. The molecule has 35 heavy (non-hydrogen) atoms. The summed E-state index contributed by atoms with van der Waals surface area (Å²) in [5.74, 6) is 0. The summed E-state index contributed by atoms with van der Waals surface area (Å²) in [5.41, 5.74) is 9.14. The van der Waals surface area contributed by atoms with Gasteiger partial charge in [0.1, 0.15) is 0 Å². The van der Waals surface area contributed by atoms with Gasteiger partial charge < -0.3 is 0 Å². The van der Waals surface area contributed by atoms with Crippen LogP contribution in [0.4, 0.5) is 0 Å². The number of rotatable bonds is 4. The van der Waals surface area contributed by atoms with E-state index in [1.165, 1.54) is 27.1 Å². The van der Waals surface area contributed by atoms with Crippen LogP contribution in [0, 0.1) is 0 Å². The molecule has 0 atom stereocenters. The first kappa shape index (κ1) is 21.1. The molecule has 0 radical (unpaired) electrons. The third-order valence-electron chi connectivity index (χ3n) is 8.30. The third kappa shape index (κ3) is 2.96. The minimum atomic E-state index is -2.14. The van der Waals surface area contributed by atoms with Crippen molar-refractivity contribution in [1.82, 2.24) is 0 Å². The van der Waals surface area contributed by atoms with E-state index in [2.05, 4.69) is 123 Å². The van der Waals surface area contributed by atoms with Gasteiger partial charge in [0.15, 0.2) is 8.07 Å². The van der Waals surface area contributed by atoms with Crippen molar-refractivity contribution < 1.29 is 0 Å². The summed E-state index contributed by atoms with van der Waals surface area (Å²) in [5, 5.41) is 7.97. The Kier molecular flexibility index (Phi) is 4.46. The average Bonchev–Trinajstić information content (AvgIpc) is 3.16. The van der Waals surface area contributed by atoms with Crippen LogP contribution in [0.3, 0.4) is 0 Å². The van der Waals surface area contributed by atoms with E-state index in [9.17, 15) is 0 Å². The van der Waals surface area contributed by atoms with Gasteiger partial charge in [0.2, 0.25) is 0 Å². The Morgan fingerprint density at radius 3 is 1.97 bits per heavy atom. The van der Waals surface area contributed by atoms with Crippen LogP contribution in [0.5, 0.6) is 0 Å². The molecular formula is C33H30Si2. The first-order valence-corrected chi connectivity index (χ1v) is 18.3. The van der Waals surface area contributed by atoms with E-state index < -0.39 is 16.1 Å². The summed E-state index contributed by atoms with van der Waals surface area (Å²) in [7, 11) is -3.50. The van der Waals surface area contributed by atoms with Gasteiger partial charge in [0, 0.05) is 0 Å². The van der Waals surface area contributed by atoms with E-state index in [0.29, 0.717) is 0 Å². The summed E-state index contributed by atoms with van der Waals surface area (Å²) < 4.78 is 0. The Morgan fingerprint density at radius 2 is 1.34 bits per heavy atom. The zero-order valence-corrected chi connectivity index (χ0v) is 22.7. The predicted octanol–water partition coefficient (Wildman–Crippen LogP) is 5.54. The monoisotopic (exact) mass is 482 g/mol. The molecule has 7 rings (SSSR count). The quantitative estimate of drug-likeness (QED) is 0.289. The molecule has 0 saturated heterocycles. The number of fused-ring (bicyclic) bond motifs is 4. The van der Waals surface area contributed by atoms with Crippen LogP contribution >= 0.6 is 0 Å². The zero-order chi connectivity index (χ0) is 23.8. The average molecular weight is 483 g/mol. The molecule has 4 aromatic carbocycles. The van der Waals surface area contributed by atoms with E-state index in [1.807, 2.05) is 0 Å². The minimum absolute atomic E-state index is 1.06. The minimum Gasteiger partial charge on any atom is -0.0808 e. The summed E-state index contributed by atoms with van der Waals surface area (Å²) in [6.45, 7) is 7.42. The van der Waals surface area contributed by atoms with Crippen molar-refractivity contribution in [2.45, 2.75) is 32.5 Å². The van der Waals surface area contributed by atoms with Crippen LogP contribution in [0.2, 0.25) is 19.6 Å². The lowest BCUT2D eigenvalue weighted by Crippen LogP contribution is -2.55. The number of hydrogen-bond donors (Lipinski definition) is 0. The van der Waals surface area contributed by atoms with Crippen LogP contribution in [-0.4, -0.2) is 16.1 Å². The van der Waals surface area contributed by atoms with E-state index >= 15 is 0 Å². The lowest BCUT2D eigenvalue weighted by molar-refractivity contribution is 1.25. The Labute approximate surface area is 210 Å². The van der Waals surface area contributed by atoms with E-state index in [-0.39, 0.29) is 0 Å². The van der Waals surface area contributed by atoms with Gasteiger partial charge in [-0.25, -0.2) is 0 Å². The topological polar surface area (TPSA) is 0 Å². The summed E-state index contributed by atoms with van der Waals surface area (Å²) in [6, 6.07) is 34.4. The van der Waals surface area contributed by atoms with Gasteiger partial charge >= 0.3 is 0 Å². The normalized spacial score (nSPS) is 16.8. The van der Waals surface area contributed by atoms with Crippen molar-refractivity contribution in [3.8, 4) is 11.1 Å². The van der Waals surface area contributed by atoms with Gasteiger partial charge in [-0.15, -0.1) is 0 Å². The SMILES string of the molecule is C[Si](C)(C)C1=CCC(c2c3c(cc4c2[Si]4(c2ccccc2)c2ccccc2)-c2ccccc2C3)=C1. The van der Waals surface area contributed by atoms with Gasteiger partial charge in [-0.3, -0.25) is 0 Å². The van der Waals surface area contributed by atoms with E-state index in [0.717, 1.165) is 12.8 Å². The lowest BCUT2D eigenvalue weighted by atomic mass is 9.95. The highest BCUT2D eigenvalue weighted by atomic mass is 28.3. The maximum atomic E-state index is 2.59. The summed E-state index contributed by atoms with van der Waals surface area (Å²) in [6.07, 6.45) is 7.25. The molecule has 4 aromatic rings. The first-order chi connectivity index (χ1) is 17.0. The Balaban J connectivity index is 1.53. The van der Waals surface area contributed by atoms with Crippen LogP contribution in [0.25, 0.3) is 16.7 Å². The van der Waals surface area contributed by atoms with Crippen molar-refractivity contribution in [1.29, 1.82) is 0 Å². The van der Waals surface area contributed by atoms with E-state index in [1.54, 1.807) is 32.3 Å². The van der Waals surface area contributed by atoms with Gasteiger partial charge in [0.25, 0.3) is 0 Å². The van der Waals surface area contributed by atoms with Crippen molar-refractivity contribution in [2.75, 3.05) is 0 Å². The van der Waals surface area contributed by atoms with Crippen molar-refractivity contribution in [3.63, 3.8) is 0 Å². The largest absolute Gasteiger partial charge is 0.180 e. The molecule has 2 heteroatoms. The van der Waals surface area contributed by atoms with Gasteiger partial charge in [-0.05, 0) is 67.0 Å². The van der Waals surface area contributed by atoms with Crippen molar-refractivity contribution >= 4 is 42.5 Å². The molecule has 0 amide bonds. The molecule has 3 aliphatic rings. The molecule has 0 nitrogen and oxygen atoms in total. The first-order valence-electron chi connectivity index (χ1n) is 12.8. The summed E-state index contributed by atoms with van der Waals surface area (Å²) in [4.78, 5) is 0. The Hall–Kier alpha value is -3.21. The highest BCUT2D eigenvalue weighted by molar-refractivity contribution is 7.32. The van der Waals surface area contributed by atoms with Gasteiger partial charge in [-0.1, -0.05) is 128 Å². The zero-order valence-electron chi connectivity index (χ0n) is 20.7. The molecule has 0 fully saturated rings. The van der Waals surface area contributed by atoms with Crippen LogP contribution in [-0.2, 0) is 6.42 Å². The number of hydrogen-bond acceptors (Lipinski definition) is 0. The second kappa shape index (κ2) is 7.40. The van der Waals surface area contributed by atoms with Gasteiger partial charge in [-0.2, -0.15) is 0 Å². The third-order valence-corrected chi connectivity index (χ3v) is 15.0. The maximum absolute atomic E-state index is 2.59. The molecule has 0 N–H and O–H groups in total. The van der Waals surface area contributed by atoms with Crippen LogP contribution in [0.15, 0.2) is 108 Å². The van der Waals surface area contributed by atoms with Gasteiger partial charge in [0.05, 0.1) is 8.07 Å². The highest BCUT2D eigenvalue weighted by Gasteiger charge is 2.58. The maximum Gasteiger partial charge on any atom is 0.180 e. The molecular weight excluding hydrogens is 453 g/mol. The molecule has 2 aliphatic carbocycles. The number of allylic oxidation sites excluding steroid dienone is 4. The molecule has 1 aliphatic heterocycles. The van der Waals surface area contributed by atoms with Crippen molar-refractivity contribution in [3.05, 3.63) is 125 Å². The van der Waals surface area contributed by atoms with Crippen LogP contribution in [0.1, 0.15) is 23.1 Å². The van der Waals surface area contributed by atoms with E-state index in [4.69, 9.17) is 0 Å². The fourth-order valence-electron chi connectivity index (χ4n) is 6.59. The Bertz CT molecular complexity index is 1510. The molecule has 170 valence electrons. The number of benzene rings is 4. The highest BCUT2D eigenvalue weighted by Crippen LogP contribution is 2.44. The fourth-order valence-corrected chi connectivity index (χ4v) is 13.1. The standard InChI is InChI=1S/C33H30Si2/c1-34(2,3)27-19-18-24(20-27)32-30-21-23-12-10-11-17-28(23)29(30)22-31-33(32)35(31,25-13-6-4-7-14-25)26-15-8-5-9-16-26/h4-17,19-20,22H,18,21H2,1-3H3. The Morgan fingerprint density at radius 1 is 0.714 bits per heavy atom. The predicted molar refractivity (Wildman–Crippen MR) is 156 cm³/mol. The van der Waals surface area contributed by atoms with Crippen LogP contribution < -0.4 is 20.7 Å². The smallest absolute Gasteiger partial charge is 0.0808 e. The lowest BCUT2D eigenvalue weighted by Gasteiger charge is -2.18. The molecule has 0 aromatic heterocycles. The summed E-state index contributed by atoms with van der Waals surface area (Å²) >= 11 is 0. The molecule has 1 heterocycles.